The van der Waals surface area contributed by atoms with E-state index in [2.05, 4.69) is 10.3 Å². The quantitative estimate of drug-likeness (QED) is 0.346. The highest BCUT2D eigenvalue weighted by Gasteiger charge is 2.45. The van der Waals surface area contributed by atoms with E-state index in [1.54, 1.807) is 22.3 Å². The normalized spacial score (nSPS) is 19.1. The van der Waals surface area contributed by atoms with Crippen LogP contribution in [-0.2, 0) is 22.7 Å². The van der Waals surface area contributed by atoms with Crippen LogP contribution in [0, 0.1) is 6.92 Å². The highest BCUT2D eigenvalue weighted by Crippen LogP contribution is 2.36. The van der Waals surface area contributed by atoms with Gasteiger partial charge in [0.2, 0.25) is 5.91 Å². The van der Waals surface area contributed by atoms with Crippen molar-refractivity contribution in [2.75, 3.05) is 6.54 Å². The molecular weight excluding hydrogens is 544 g/mol. The smallest absolute Gasteiger partial charge is 0.255 e. The van der Waals surface area contributed by atoms with Gasteiger partial charge in [-0.1, -0.05) is 48.5 Å². The van der Waals surface area contributed by atoms with Gasteiger partial charge in [0.1, 0.15) is 12.1 Å². The third kappa shape index (κ3) is 4.94. The molecule has 204 valence electrons. The van der Waals surface area contributed by atoms with Gasteiger partial charge in [0.25, 0.3) is 11.8 Å². The summed E-state index contributed by atoms with van der Waals surface area (Å²) in [5, 5.41) is 15.3. The summed E-state index contributed by atoms with van der Waals surface area (Å²) in [6.07, 6.45) is -0.677. The minimum absolute atomic E-state index is 0.0384. The first kappa shape index (κ1) is 26.4. The molecule has 40 heavy (non-hydrogen) atoms. The van der Waals surface area contributed by atoms with E-state index in [-0.39, 0.29) is 30.7 Å². The van der Waals surface area contributed by atoms with E-state index in [9.17, 15) is 19.5 Å². The third-order valence-electron chi connectivity index (χ3n) is 7.50. The Balaban J connectivity index is 1.18. The number of aromatic nitrogens is 1. The first-order chi connectivity index (χ1) is 19.4. The molecule has 4 aromatic rings. The van der Waals surface area contributed by atoms with Crippen LogP contribution in [-0.4, -0.2) is 56.3 Å². The number of carbonyl (C=O) groups is 3. The molecule has 1 saturated heterocycles. The zero-order valence-electron chi connectivity index (χ0n) is 21.8. The summed E-state index contributed by atoms with van der Waals surface area (Å²) in [4.78, 5) is 49.9. The Bertz CT molecular complexity index is 1550. The fourth-order valence-electron chi connectivity index (χ4n) is 5.46. The number of aliphatic hydroxyl groups is 1. The number of nitrogens with one attached hydrogen (secondary N) is 1. The van der Waals surface area contributed by atoms with Gasteiger partial charge in [-0.3, -0.25) is 14.4 Å². The summed E-state index contributed by atoms with van der Waals surface area (Å²) in [6.45, 7) is 2.62. The molecule has 2 aliphatic heterocycles. The van der Waals surface area contributed by atoms with Gasteiger partial charge in [-0.25, -0.2) is 4.98 Å². The molecule has 0 aliphatic carbocycles. The van der Waals surface area contributed by atoms with Crippen LogP contribution in [0.25, 0.3) is 10.4 Å². The van der Waals surface area contributed by atoms with Crippen LogP contribution in [0.15, 0.2) is 71.6 Å². The molecule has 6 rings (SSSR count). The minimum Gasteiger partial charge on any atom is -0.391 e. The lowest BCUT2D eigenvalue weighted by atomic mass is 10.1. The Kier molecular flexibility index (Phi) is 7.22. The Morgan fingerprint density at radius 2 is 1.90 bits per heavy atom. The van der Waals surface area contributed by atoms with Crippen molar-refractivity contribution in [3.8, 4) is 10.4 Å². The van der Waals surface area contributed by atoms with E-state index >= 15 is 0 Å². The van der Waals surface area contributed by atoms with E-state index in [4.69, 9.17) is 0 Å². The first-order valence-electron chi connectivity index (χ1n) is 13.1. The molecule has 8 nitrogen and oxygen atoms in total. The van der Waals surface area contributed by atoms with Gasteiger partial charge in [-0.05, 0) is 41.1 Å². The van der Waals surface area contributed by atoms with Crippen molar-refractivity contribution in [2.24, 2.45) is 0 Å². The topological polar surface area (TPSA) is 103 Å². The highest BCUT2D eigenvalue weighted by atomic mass is 32.1. The molecule has 0 saturated carbocycles. The summed E-state index contributed by atoms with van der Waals surface area (Å²) in [5.41, 5.74) is 6.26. The molecule has 0 radical (unpaired) electrons. The standard InChI is InChI=1S/C30H28N4O4S2/c1-18-27(40-17-32-18)20-10-8-19(9-11-20)14-31-28(36)24-13-22(35)16-33(24)30(38)26(25-7-4-12-39-25)34-15-21-5-2-3-6-23(21)29(34)37/h2-12,17,22,24,26,35H,13-16H2,1H3,(H,31,36)/t22-,24+,26+/m1/s1. The number of aryl methyl sites for hydroxylation is 1. The van der Waals surface area contributed by atoms with E-state index in [1.807, 2.05) is 72.4 Å². The van der Waals surface area contributed by atoms with Crippen molar-refractivity contribution in [1.82, 2.24) is 20.1 Å². The number of thiazole rings is 1. The lowest BCUT2D eigenvalue weighted by molar-refractivity contribution is -0.142. The number of rotatable bonds is 7. The van der Waals surface area contributed by atoms with Gasteiger partial charge in [-0.15, -0.1) is 22.7 Å². The van der Waals surface area contributed by atoms with Crippen molar-refractivity contribution < 1.29 is 19.5 Å². The van der Waals surface area contributed by atoms with E-state index in [0.717, 1.165) is 32.1 Å². The van der Waals surface area contributed by atoms with Gasteiger partial charge in [-0.2, -0.15) is 0 Å². The second-order valence-electron chi connectivity index (χ2n) is 10.1. The third-order valence-corrected chi connectivity index (χ3v) is 9.40. The Hall–Kier alpha value is -3.86. The number of fused-ring (bicyclic) bond motifs is 1. The van der Waals surface area contributed by atoms with Crippen LogP contribution in [0.1, 0.15) is 44.5 Å². The van der Waals surface area contributed by atoms with Crippen molar-refractivity contribution in [1.29, 1.82) is 0 Å². The maximum absolute atomic E-state index is 14.1. The van der Waals surface area contributed by atoms with E-state index in [1.165, 1.54) is 16.2 Å². The summed E-state index contributed by atoms with van der Waals surface area (Å²) >= 11 is 2.98. The highest BCUT2D eigenvalue weighted by molar-refractivity contribution is 7.13. The summed E-state index contributed by atoms with van der Waals surface area (Å²) < 4.78 is 0. The number of thiophene rings is 1. The molecule has 4 heterocycles. The molecule has 10 heteroatoms. The number of hydrogen-bond acceptors (Lipinski definition) is 7. The molecule has 2 N–H and O–H groups in total. The monoisotopic (exact) mass is 572 g/mol. The molecule has 2 aliphatic rings. The van der Waals surface area contributed by atoms with Crippen molar-refractivity contribution in [2.45, 2.75) is 44.6 Å². The average Bonchev–Trinajstić information content (AvgIpc) is 3.77. The largest absolute Gasteiger partial charge is 0.391 e. The molecule has 3 atom stereocenters. The predicted molar refractivity (Wildman–Crippen MR) is 154 cm³/mol. The van der Waals surface area contributed by atoms with Gasteiger partial charge in [0, 0.05) is 36.5 Å². The second-order valence-corrected chi connectivity index (χ2v) is 11.9. The van der Waals surface area contributed by atoms with Crippen molar-refractivity contribution in [3.63, 3.8) is 0 Å². The zero-order chi connectivity index (χ0) is 27.8. The number of carbonyl (C=O) groups excluding carboxylic acids is 3. The van der Waals surface area contributed by atoms with Crippen LogP contribution in [0.5, 0.6) is 0 Å². The molecule has 0 spiro atoms. The summed E-state index contributed by atoms with van der Waals surface area (Å²) in [5.74, 6) is -0.891. The zero-order valence-corrected chi connectivity index (χ0v) is 23.5. The Labute approximate surface area is 239 Å². The van der Waals surface area contributed by atoms with Gasteiger partial charge in [0.15, 0.2) is 0 Å². The lowest BCUT2D eigenvalue weighted by Crippen LogP contribution is -2.50. The number of benzene rings is 2. The number of β-amino-alcohol motifs (C(OH)–C–C–N with tert-alkyl or cyclic N) is 1. The van der Waals surface area contributed by atoms with Crippen molar-refractivity contribution in [3.05, 3.63) is 98.8 Å². The van der Waals surface area contributed by atoms with E-state index in [0.29, 0.717) is 18.7 Å². The lowest BCUT2D eigenvalue weighted by Gasteiger charge is -2.32. The summed E-state index contributed by atoms with van der Waals surface area (Å²) in [7, 11) is 0. The number of hydrogen-bond donors (Lipinski definition) is 2. The molecule has 1 fully saturated rings. The molecule has 2 aromatic carbocycles. The van der Waals surface area contributed by atoms with Crippen LogP contribution in [0.3, 0.4) is 0 Å². The minimum atomic E-state index is -0.872. The molecule has 0 bridgehead atoms. The summed E-state index contributed by atoms with van der Waals surface area (Å²) in [6, 6.07) is 17.3. The van der Waals surface area contributed by atoms with Crippen LogP contribution in [0.4, 0.5) is 0 Å². The van der Waals surface area contributed by atoms with Gasteiger partial charge >= 0.3 is 0 Å². The van der Waals surface area contributed by atoms with Gasteiger partial charge in [0.05, 0.1) is 22.2 Å². The number of nitrogens with zero attached hydrogens (tertiary/aromatic N) is 3. The second kappa shape index (κ2) is 11.0. The first-order valence-corrected chi connectivity index (χ1v) is 14.8. The fourth-order valence-corrected chi connectivity index (χ4v) is 7.10. The SMILES string of the molecule is Cc1ncsc1-c1ccc(CNC(=O)[C@@H]2C[C@@H](O)CN2C(=O)[C@H](c2cccs2)N2Cc3ccccc3C2=O)cc1. The molecule has 3 amide bonds. The average molecular weight is 573 g/mol. The number of amides is 3. The van der Waals surface area contributed by atoms with Crippen LogP contribution >= 0.6 is 22.7 Å². The maximum atomic E-state index is 14.1. The molecule has 2 aromatic heterocycles. The Morgan fingerprint density at radius 3 is 2.60 bits per heavy atom. The van der Waals surface area contributed by atoms with Crippen molar-refractivity contribution >= 4 is 40.4 Å². The number of aliphatic hydroxyl groups excluding tert-OH is 1. The molecule has 0 unspecified atom stereocenters. The maximum Gasteiger partial charge on any atom is 0.255 e. The van der Waals surface area contributed by atoms with Crippen LogP contribution < -0.4 is 5.32 Å². The Morgan fingerprint density at radius 1 is 1.10 bits per heavy atom. The fraction of sp³-hybridized carbons (Fsp3) is 0.267. The van der Waals surface area contributed by atoms with Gasteiger partial charge < -0.3 is 20.2 Å². The predicted octanol–water partition coefficient (Wildman–Crippen LogP) is 4.16. The molecular formula is C30H28N4O4S2. The number of likely N-dealkylation sites (tertiary alicyclic amines) is 1. The van der Waals surface area contributed by atoms with E-state index < -0.39 is 18.2 Å². The van der Waals surface area contributed by atoms with Crippen LogP contribution in [0.2, 0.25) is 0 Å².